The number of carbonyl (C=O) groups is 1. The fraction of sp³-hybridized carbons (Fsp3) is 0.250. The van der Waals surface area contributed by atoms with Crippen LogP contribution in [0, 0.1) is 0 Å². The van der Waals surface area contributed by atoms with Crippen LogP contribution in [0.2, 0.25) is 0 Å². The van der Waals surface area contributed by atoms with E-state index in [0.717, 1.165) is 11.8 Å². The largest absolute Gasteiger partial charge is 0.484 e. The summed E-state index contributed by atoms with van der Waals surface area (Å²) < 4.78 is 10.8. The van der Waals surface area contributed by atoms with Gasteiger partial charge in [-0.25, -0.2) is 0 Å². The normalized spacial score (nSPS) is 11.3. The van der Waals surface area contributed by atoms with Crippen molar-refractivity contribution >= 4 is 6.29 Å². The molecule has 0 N–H and O–H groups in total. The molecule has 3 rings (SSSR count). The molecule has 0 radical (unpaired) electrons. The van der Waals surface area contributed by atoms with Gasteiger partial charge in [-0.15, -0.1) is 0 Å². The van der Waals surface area contributed by atoms with Gasteiger partial charge in [-0.05, 0) is 23.1 Å². The summed E-state index contributed by atoms with van der Waals surface area (Å²) in [6, 6.07) is 15.0. The molecule has 0 unspecified atom stereocenters. The van der Waals surface area contributed by atoms with Crippen molar-refractivity contribution in [3.05, 3.63) is 65.5 Å². The predicted octanol–water partition coefficient (Wildman–Crippen LogP) is 4.43. The van der Waals surface area contributed by atoms with E-state index in [9.17, 15) is 4.79 Å². The Labute approximate surface area is 146 Å². The van der Waals surface area contributed by atoms with Gasteiger partial charge in [-0.1, -0.05) is 62.3 Å². The summed E-state index contributed by atoms with van der Waals surface area (Å²) in [6.07, 6.45) is 0.777. The number of carbonyl (C=O) groups excluding carboxylic acids is 1. The van der Waals surface area contributed by atoms with Gasteiger partial charge in [0.15, 0.2) is 6.61 Å². The van der Waals surface area contributed by atoms with Gasteiger partial charge in [0.2, 0.25) is 5.82 Å². The van der Waals surface area contributed by atoms with Crippen LogP contribution in [0.1, 0.15) is 42.6 Å². The quantitative estimate of drug-likeness (QED) is 0.645. The first-order valence-electron chi connectivity index (χ1n) is 8.07. The van der Waals surface area contributed by atoms with Crippen molar-refractivity contribution in [3.8, 4) is 17.1 Å². The zero-order chi connectivity index (χ0) is 17.9. The molecule has 0 aliphatic rings. The first-order chi connectivity index (χ1) is 12.0. The second-order valence-electron chi connectivity index (χ2n) is 6.82. The molecular weight excluding hydrogens is 316 g/mol. The van der Waals surface area contributed by atoms with Crippen molar-refractivity contribution < 1.29 is 14.1 Å². The van der Waals surface area contributed by atoms with Crippen molar-refractivity contribution in [1.82, 2.24) is 10.1 Å². The third-order valence-corrected chi connectivity index (χ3v) is 3.83. The second-order valence-corrected chi connectivity index (χ2v) is 6.82. The monoisotopic (exact) mass is 336 g/mol. The summed E-state index contributed by atoms with van der Waals surface area (Å²) in [5, 5.41) is 4.00. The van der Waals surface area contributed by atoms with E-state index in [0.29, 0.717) is 23.0 Å². The molecule has 25 heavy (non-hydrogen) atoms. The molecule has 0 amide bonds. The van der Waals surface area contributed by atoms with Crippen LogP contribution < -0.4 is 4.74 Å². The number of aromatic nitrogens is 2. The molecule has 5 nitrogen and oxygen atoms in total. The highest BCUT2D eigenvalue weighted by Gasteiger charge is 2.14. The van der Waals surface area contributed by atoms with Gasteiger partial charge >= 0.3 is 0 Å². The molecule has 3 aromatic rings. The third kappa shape index (κ3) is 4.12. The van der Waals surface area contributed by atoms with Gasteiger partial charge in [-0.2, -0.15) is 4.98 Å². The molecule has 0 saturated heterocycles. The predicted molar refractivity (Wildman–Crippen MR) is 94.6 cm³/mol. The van der Waals surface area contributed by atoms with Crippen LogP contribution in [0.5, 0.6) is 5.75 Å². The molecular formula is C20H20N2O3. The summed E-state index contributed by atoms with van der Waals surface area (Å²) in [6.45, 7) is 6.66. The van der Waals surface area contributed by atoms with E-state index in [1.165, 1.54) is 5.56 Å². The zero-order valence-corrected chi connectivity index (χ0v) is 14.5. The average Bonchev–Trinajstić information content (AvgIpc) is 3.08. The Kier molecular flexibility index (Phi) is 4.65. The van der Waals surface area contributed by atoms with E-state index in [2.05, 4.69) is 43.0 Å². The SMILES string of the molecule is CC(C)(C)c1ccc(-c2noc(COc3cccc(C=O)c3)n2)cc1. The number of ether oxygens (including phenoxy) is 1. The minimum atomic E-state index is 0.102. The Morgan fingerprint density at radius 3 is 2.56 bits per heavy atom. The second kappa shape index (κ2) is 6.89. The molecule has 0 bridgehead atoms. The standard InChI is InChI=1S/C20H20N2O3/c1-20(2,3)16-9-7-15(8-10-16)19-21-18(25-22-19)13-24-17-6-4-5-14(11-17)12-23/h4-12H,13H2,1-3H3. The maximum absolute atomic E-state index is 10.8. The molecule has 0 aliphatic carbocycles. The number of hydrogen-bond acceptors (Lipinski definition) is 5. The molecule has 0 spiro atoms. The zero-order valence-electron chi connectivity index (χ0n) is 14.5. The first kappa shape index (κ1) is 16.9. The van der Waals surface area contributed by atoms with Crippen LogP contribution in [0.4, 0.5) is 0 Å². The highest BCUT2D eigenvalue weighted by atomic mass is 16.5. The molecule has 0 saturated carbocycles. The Balaban J connectivity index is 1.68. The summed E-state index contributed by atoms with van der Waals surface area (Å²) in [7, 11) is 0. The van der Waals surface area contributed by atoms with E-state index in [4.69, 9.17) is 9.26 Å². The van der Waals surface area contributed by atoms with E-state index in [1.807, 2.05) is 12.1 Å². The minimum absolute atomic E-state index is 0.102. The fourth-order valence-electron chi connectivity index (χ4n) is 2.37. The van der Waals surface area contributed by atoms with Crippen LogP contribution in [-0.4, -0.2) is 16.4 Å². The summed E-state index contributed by atoms with van der Waals surface area (Å²) >= 11 is 0. The highest BCUT2D eigenvalue weighted by Crippen LogP contribution is 2.25. The van der Waals surface area contributed by atoms with Gasteiger partial charge in [-0.3, -0.25) is 4.79 Å². The molecule has 2 aromatic carbocycles. The van der Waals surface area contributed by atoms with Crippen molar-refractivity contribution in [2.75, 3.05) is 0 Å². The van der Waals surface area contributed by atoms with Crippen molar-refractivity contribution in [1.29, 1.82) is 0 Å². The van der Waals surface area contributed by atoms with Gasteiger partial charge < -0.3 is 9.26 Å². The molecule has 5 heteroatoms. The molecule has 0 aliphatic heterocycles. The van der Waals surface area contributed by atoms with Crippen LogP contribution in [-0.2, 0) is 12.0 Å². The minimum Gasteiger partial charge on any atom is -0.484 e. The molecule has 0 fully saturated rings. The van der Waals surface area contributed by atoms with Crippen molar-refractivity contribution in [3.63, 3.8) is 0 Å². The smallest absolute Gasteiger partial charge is 0.264 e. The summed E-state index contributed by atoms with van der Waals surface area (Å²) in [5.41, 5.74) is 2.80. The number of benzene rings is 2. The topological polar surface area (TPSA) is 65.2 Å². The maximum atomic E-state index is 10.8. The average molecular weight is 336 g/mol. The lowest BCUT2D eigenvalue weighted by Crippen LogP contribution is -2.10. The van der Waals surface area contributed by atoms with Crippen LogP contribution >= 0.6 is 0 Å². The van der Waals surface area contributed by atoms with Gasteiger partial charge in [0.25, 0.3) is 5.89 Å². The van der Waals surface area contributed by atoms with Gasteiger partial charge in [0, 0.05) is 11.1 Å². The van der Waals surface area contributed by atoms with Gasteiger partial charge in [0.05, 0.1) is 0 Å². The van der Waals surface area contributed by atoms with E-state index in [-0.39, 0.29) is 12.0 Å². The van der Waals surface area contributed by atoms with Crippen LogP contribution in [0.15, 0.2) is 53.1 Å². The van der Waals surface area contributed by atoms with Crippen molar-refractivity contribution in [2.45, 2.75) is 32.8 Å². The number of aldehydes is 1. The van der Waals surface area contributed by atoms with E-state index < -0.39 is 0 Å². The Bertz CT molecular complexity index is 861. The molecule has 1 heterocycles. The lowest BCUT2D eigenvalue weighted by Gasteiger charge is -2.18. The van der Waals surface area contributed by atoms with Crippen LogP contribution in [0.3, 0.4) is 0 Å². The summed E-state index contributed by atoms with van der Waals surface area (Å²) in [5.74, 6) is 1.49. The Morgan fingerprint density at radius 1 is 1.12 bits per heavy atom. The lowest BCUT2D eigenvalue weighted by atomic mass is 9.87. The fourth-order valence-corrected chi connectivity index (χ4v) is 2.37. The Hall–Kier alpha value is -2.95. The molecule has 0 atom stereocenters. The Morgan fingerprint density at radius 2 is 1.88 bits per heavy atom. The highest BCUT2D eigenvalue weighted by molar-refractivity contribution is 5.75. The van der Waals surface area contributed by atoms with E-state index in [1.54, 1.807) is 24.3 Å². The number of hydrogen-bond donors (Lipinski definition) is 0. The molecule has 1 aromatic heterocycles. The first-order valence-corrected chi connectivity index (χ1v) is 8.07. The third-order valence-electron chi connectivity index (χ3n) is 3.83. The number of rotatable bonds is 5. The lowest BCUT2D eigenvalue weighted by molar-refractivity contribution is 0.112. The molecule has 128 valence electrons. The van der Waals surface area contributed by atoms with Crippen molar-refractivity contribution in [2.24, 2.45) is 0 Å². The van der Waals surface area contributed by atoms with Crippen LogP contribution in [0.25, 0.3) is 11.4 Å². The maximum Gasteiger partial charge on any atom is 0.264 e. The van der Waals surface area contributed by atoms with E-state index >= 15 is 0 Å². The number of nitrogens with zero attached hydrogens (tertiary/aromatic N) is 2. The van der Waals surface area contributed by atoms with Gasteiger partial charge in [0.1, 0.15) is 12.0 Å². The summed E-state index contributed by atoms with van der Waals surface area (Å²) in [4.78, 5) is 15.1.